The minimum absolute atomic E-state index is 0.375. The third-order valence-corrected chi connectivity index (χ3v) is 2.96. The van der Waals surface area contributed by atoms with Crippen molar-refractivity contribution in [2.24, 2.45) is 5.92 Å². The van der Waals surface area contributed by atoms with Crippen LogP contribution in [0.2, 0.25) is 0 Å². The van der Waals surface area contributed by atoms with Gasteiger partial charge >= 0.3 is 0 Å². The van der Waals surface area contributed by atoms with Gasteiger partial charge in [0.05, 0.1) is 0 Å². The van der Waals surface area contributed by atoms with Crippen LogP contribution in [-0.2, 0) is 6.42 Å². The summed E-state index contributed by atoms with van der Waals surface area (Å²) < 4.78 is 1.98. The lowest BCUT2D eigenvalue weighted by Crippen LogP contribution is -2.14. The fourth-order valence-corrected chi connectivity index (χ4v) is 2.02. The highest BCUT2D eigenvalue weighted by molar-refractivity contribution is 6.18. The molecular formula is C11H20ClN3. The van der Waals surface area contributed by atoms with Crippen LogP contribution in [0, 0.1) is 5.92 Å². The fourth-order valence-electron chi connectivity index (χ4n) is 1.75. The minimum Gasteiger partial charge on any atom is -0.248 e. The van der Waals surface area contributed by atoms with E-state index in [2.05, 4.69) is 30.9 Å². The summed E-state index contributed by atoms with van der Waals surface area (Å²) in [5, 5.41) is 4.23. The quantitative estimate of drug-likeness (QED) is 0.702. The zero-order valence-electron chi connectivity index (χ0n) is 9.78. The van der Waals surface area contributed by atoms with Crippen molar-refractivity contribution in [1.29, 1.82) is 0 Å². The van der Waals surface area contributed by atoms with Gasteiger partial charge in [0.15, 0.2) is 0 Å². The molecule has 0 amide bonds. The van der Waals surface area contributed by atoms with Gasteiger partial charge in [0, 0.05) is 18.3 Å². The van der Waals surface area contributed by atoms with Crippen LogP contribution in [0.1, 0.15) is 45.5 Å². The molecule has 0 aromatic carbocycles. The second-order valence-corrected chi connectivity index (χ2v) is 4.54. The predicted molar refractivity (Wildman–Crippen MR) is 63.2 cm³/mol. The van der Waals surface area contributed by atoms with Gasteiger partial charge in [0.25, 0.3) is 0 Å². The smallest absolute Gasteiger partial charge is 0.138 e. The van der Waals surface area contributed by atoms with E-state index in [4.69, 9.17) is 11.6 Å². The second kappa shape index (κ2) is 6.11. The Morgan fingerprint density at radius 3 is 2.73 bits per heavy atom. The molecule has 15 heavy (non-hydrogen) atoms. The molecule has 0 bridgehead atoms. The van der Waals surface area contributed by atoms with Crippen LogP contribution in [0.5, 0.6) is 0 Å². The molecule has 0 saturated carbocycles. The molecule has 0 N–H and O–H groups in total. The first-order valence-electron chi connectivity index (χ1n) is 5.63. The summed E-state index contributed by atoms with van der Waals surface area (Å²) in [5.41, 5.74) is 0. The Morgan fingerprint density at radius 1 is 1.47 bits per heavy atom. The lowest BCUT2D eigenvalue weighted by molar-refractivity contribution is 0.456. The maximum Gasteiger partial charge on any atom is 0.138 e. The average Bonchev–Trinajstić information content (AvgIpc) is 2.65. The first-order valence-corrected chi connectivity index (χ1v) is 6.16. The summed E-state index contributed by atoms with van der Waals surface area (Å²) in [6, 6.07) is 0.375. The molecule has 1 unspecified atom stereocenters. The molecule has 0 saturated heterocycles. The number of hydrogen-bond acceptors (Lipinski definition) is 2. The largest absolute Gasteiger partial charge is 0.248 e. The number of rotatable bonds is 6. The van der Waals surface area contributed by atoms with Gasteiger partial charge in [0.2, 0.25) is 0 Å². The Kier molecular flexibility index (Phi) is 5.09. The first-order chi connectivity index (χ1) is 7.19. The van der Waals surface area contributed by atoms with Gasteiger partial charge in [0.1, 0.15) is 12.2 Å². The molecule has 0 aliphatic carbocycles. The second-order valence-electron chi connectivity index (χ2n) is 4.23. The van der Waals surface area contributed by atoms with Crippen molar-refractivity contribution in [3.05, 3.63) is 12.2 Å². The normalized spacial score (nSPS) is 13.4. The molecular weight excluding hydrogens is 210 g/mol. The SMILES string of the molecule is CCCC(CCl)Cc1ncnn1C(C)C. The monoisotopic (exact) mass is 229 g/mol. The molecule has 0 spiro atoms. The van der Waals surface area contributed by atoms with Gasteiger partial charge in [-0.25, -0.2) is 9.67 Å². The Labute approximate surface area is 96.8 Å². The van der Waals surface area contributed by atoms with Crippen LogP contribution in [0.15, 0.2) is 6.33 Å². The van der Waals surface area contributed by atoms with Crippen molar-refractivity contribution >= 4 is 11.6 Å². The van der Waals surface area contributed by atoms with E-state index >= 15 is 0 Å². The molecule has 0 radical (unpaired) electrons. The van der Waals surface area contributed by atoms with Gasteiger partial charge in [-0.05, 0) is 26.2 Å². The van der Waals surface area contributed by atoms with Crippen LogP contribution < -0.4 is 0 Å². The van der Waals surface area contributed by atoms with Crippen molar-refractivity contribution in [3.8, 4) is 0 Å². The maximum atomic E-state index is 5.94. The Bertz CT molecular complexity index is 283. The molecule has 1 atom stereocenters. The summed E-state index contributed by atoms with van der Waals surface area (Å²) in [6.07, 6.45) is 4.91. The third kappa shape index (κ3) is 3.49. The van der Waals surface area contributed by atoms with Gasteiger partial charge in [-0.1, -0.05) is 13.3 Å². The van der Waals surface area contributed by atoms with Crippen LogP contribution in [0.4, 0.5) is 0 Å². The molecule has 4 heteroatoms. The lowest BCUT2D eigenvalue weighted by atomic mass is 10.0. The van der Waals surface area contributed by atoms with Gasteiger partial charge in [-0.15, -0.1) is 11.6 Å². The molecule has 1 aromatic heterocycles. The maximum absolute atomic E-state index is 5.94. The number of alkyl halides is 1. The lowest BCUT2D eigenvalue weighted by Gasteiger charge is -2.14. The van der Waals surface area contributed by atoms with Crippen LogP contribution in [0.3, 0.4) is 0 Å². The number of hydrogen-bond donors (Lipinski definition) is 0. The summed E-state index contributed by atoms with van der Waals surface area (Å²) in [6.45, 7) is 6.42. The first kappa shape index (κ1) is 12.5. The van der Waals surface area contributed by atoms with E-state index in [0.29, 0.717) is 17.8 Å². The number of nitrogens with zero attached hydrogens (tertiary/aromatic N) is 3. The molecule has 1 rings (SSSR count). The summed E-state index contributed by atoms with van der Waals surface area (Å²) in [7, 11) is 0. The topological polar surface area (TPSA) is 30.7 Å². The van der Waals surface area contributed by atoms with E-state index < -0.39 is 0 Å². The fraction of sp³-hybridized carbons (Fsp3) is 0.818. The van der Waals surface area contributed by atoms with Crippen molar-refractivity contribution in [1.82, 2.24) is 14.8 Å². The van der Waals surface area contributed by atoms with E-state index in [1.54, 1.807) is 6.33 Å². The predicted octanol–water partition coefficient (Wildman–Crippen LogP) is 3.06. The summed E-state index contributed by atoms with van der Waals surface area (Å²) >= 11 is 5.94. The van der Waals surface area contributed by atoms with Crippen molar-refractivity contribution in [2.75, 3.05) is 5.88 Å². The van der Waals surface area contributed by atoms with E-state index in [1.807, 2.05) is 4.68 Å². The summed E-state index contributed by atoms with van der Waals surface area (Å²) in [4.78, 5) is 4.30. The van der Waals surface area contributed by atoms with Crippen LogP contribution >= 0.6 is 11.6 Å². The Morgan fingerprint density at radius 2 is 2.20 bits per heavy atom. The Hall–Kier alpha value is -0.570. The van der Waals surface area contributed by atoms with Crippen molar-refractivity contribution in [2.45, 2.75) is 46.1 Å². The zero-order valence-corrected chi connectivity index (χ0v) is 10.5. The van der Waals surface area contributed by atoms with E-state index in [1.165, 1.54) is 6.42 Å². The van der Waals surface area contributed by atoms with Crippen molar-refractivity contribution in [3.63, 3.8) is 0 Å². The minimum atomic E-state index is 0.375. The highest BCUT2D eigenvalue weighted by Crippen LogP contribution is 2.16. The molecule has 1 heterocycles. The zero-order chi connectivity index (χ0) is 11.3. The Balaban J connectivity index is 2.65. The molecule has 0 aliphatic rings. The van der Waals surface area contributed by atoms with Gasteiger partial charge in [-0.2, -0.15) is 5.10 Å². The highest BCUT2D eigenvalue weighted by atomic mass is 35.5. The van der Waals surface area contributed by atoms with Crippen LogP contribution in [0.25, 0.3) is 0 Å². The van der Waals surface area contributed by atoms with Crippen LogP contribution in [-0.4, -0.2) is 20.6 Å². The number of halogens is 1. The molecule has 1 aromatic rings. The number of aromatic nitrogens is 3. The van der Waals surface area contributed by atoms with Crippen molar-refractivity contribution < 1.29 is 0 Å². The molecule has 3 nitrogen and oxygen atoms in total. The van der Waals surface area contributed by atoms with E-state index in [0.717, 1.165) is 18.7 Å². The molecule has 86 valence electrons. The van der Waals surface area contributed by atoms with Gasteiger partial charge < -0.3 is 0 Å². The van der Waals surface area contributed by atoms with Gasteiger partial charge in [-0.3, -0.25) is 0 Å². The average molecular weight is 230 g/mol. The van der Waals surface area contributed by atoms with E-state index in [-0.39, 0.29) is 0 Å². The third-order valence-electron chi connectivity index (χ3n) is 2.52. The highest BCUT2D eigenvalue weighted by Gasteiger charge is 2.13. The molecule has 0 fully saturated rings. The molecule has 0 aliphatic heterocycles. The standard InChI is InChI=1S/C11H20ClN3/c1-4-5-10(7-12)6-11-13-8-14-15(11)9(2)3/h8-10H,4-7H2,1-3H3. The summed E-state index contributed by atoms with van der Waals surface area (Å²) in [5.74, 6) is 2.29. The van der Waals surface area contributed by atoms with E-state index in [9.17, 15) is 0 Å².